The maximum absolute atomic E-state index is 12.4. The molecule has 0 unspecified atom stereocenters. The Morgan fingerprint density at radius 1 is 1.50 bits per heavy atom. The van der Waals surface area contributed by atoms with Crippen LogP contribution in [0.1, 0.15) is 6.92 Å². The third-order valence-corrected chi connectivity index (χ3v) is 4.66. The van der Waals surface area contributed by atoms with Gasteiger partial charge in [-0.15, -0.1) is 0 Å². The summed E-state index contributed by atoms with van der Waals surface area (Å²) in [5.74, 6) is 5.17. The van der Waals surface area contributed by atoms with Gasteiger partial charge < -0.3 is 10.5 Å². The molecule has 1 aromatic rings. The number of aliphatic hydroxyl groups excluding tert-OH is 1. The molecule has 0 amide bonds. The monoisotopic (exact) mass is 304 g/mol. The fraction of sp³-hybridized carbons (Fsp3) is 0.400. The number of nitrogens with zero attached hydrogens (tertiary/aromatic N) is 2. The number of nitrogen functional groups attached to an aromatic ring is 1. The number of nitro groups is 1. The number of aliphatic hydroxyl groups is 1. The Hall–Kier alpha value is -1.75. The lowest BCUT2D eigenvalue weighted by Crippen LogP contribution is -2.33. The summed E-state index contributed by atoms with van der Waals surface area (Å²) in [4.78, 5) is 9.82. The van der Waals surface area contributed by atoms with Crippen molar-refractivity contribution in [1.29, 1.82) is 0 Å². The highest BCUT2D eigenvalue weighted by atomic mass is 32.2. The van der Waals surface area contributed by atoms with Crippen molar-refractivity contribution in [2.45, 2.75) is 11.8 Å². The number of nitrogens with one attached hydrogen (secondary N) is 1. The first-order chi connectivity index (χ1) is 9.39. The molecule has 1 rings (SSSR count). The van der Waals surface area contributed by atoms with Gasteiger partial charge in [-0.25, -0.2) is 8.42 Å². The number of benzene rings is 1. The summed E-state index contributed by atoms with van der Waals surface area (Å²) in [6.45, 7) is 1.14. The first kappa shape index (κ1) is 16.3. The van der Waals surface area contributed by atoms with Crippen LogP contribution in [-0.2, 0) is 10.0 Å². The summed E-state index contributed by atoms with van der Waals surface area (Å²) in [5, 5.41) is 20.0. The zero-order valence-electron chi connectivity index (χ0n) is 10.8. The van der Waals surface area contributed by atoms with Gasteiger partial charge in [-0.1, -0.05) is 13.0 Å². The number of para-hydroxylation sites is 1. The van der Waals surface area contributed by atoms with Crippen molar-refractivity contribution in [3.05, 3.63) is 28.3 Å². The van der Waals surface area contributed by atoms with Crippen molar-refractivity contribution in [2.24, 2.45) is 5.84 Å². The van der Waals surface area contributed by atoms with Crippen molar-refractivity contribution >= 4 is 21.4 Å². The van der Waals surface area contributed by atoms with E-state index in [0.29, 0.717) is 0 Å². The summed E-state index contributed by atoms with van der Waals surface area (Å²) < 4.78 is 25.7. The van der Waals surface area contributed by atoms with Gasteiger partial charge in [-0.3, -0.25) is 16.0 Å². The van der Waals surface area contributed by atoms with E-state index in [2.05, 4.69) is 5.43 Å². The van der Waals surface area contributed by atoms with Crippen LogP contribution in [0.4, 0.5) is 11.4 Å². The van der Waals surface area contributed by atoms with Crippen LogP contribution in [-0.4, -0.2) is 42.4 Å². The second-order valence-electron chi connectivity index (χ2n) is 3.77. The third kappa shape index (κ3) is 3.04. The lowest BCUT2D eigenvalue weighted by atomic mass is 10.3. The minimum atomic E-state index is -4.09. The molecule has 0 saturated carbocycles. The van der Waals surface area contributed by atoms with E-state index < -0.39 is 25.5 Å². The Bertz CT molecular complexity index is 589. The molecule has 20 heavy (non-hydrogen) atoms. The van der Waals surface area contributed by atoms with Crippen molar-refractivity contribution < 1.29 is 18.4 Å². The minimum absolute atomic E-state index is 0.0837. The van der Waals surface area contributed by atoms with Gasteiger partial charge in [-0.2, -0.15) is 4.31 Å². The van der Waals surface area contributed by atoms with E-state index in [1.165, 1.54) is 12.1 Å². The molecule has 10 heteroatoms. The third-order valence-electron chi connectivity index (χ3n) is 2.66. The van der Waals surface area contributed by atoms with Crippen molar-refractivity contribution in [2.75, 3.05) is 25.1 Å². The van der Waals surface area contributed by atoms with E-state index in [-0.39, 0.29) is 25.4 Å². The quantitative estimate of drug-likeness (QED) is 0.362. The zero-order valence-corrected chi connectivity index (χ0v) is 11.6. The summed E-state index contributed by atoms with van der Waals surface area (Å²) >= 11 is 0. The van der Waals surface area contributed by atoms with Crippen LogP contribution < -0.4 is 11.3 Å². The number of rotatable bonds is 7. The highest BCUT2D eigenvalue weighted by Gasteiger charge is 2.32. The lowest BCUT2D eigenvalue weighted by molar-refractivity contribution is -0.386. The highest BCUT2D eigenvalue weighted by molar-refractivity contribution is 7.89. The first-order valence-corrected chi connectivity index (χ1v) is 7.19. The van der Waals surface area contributed by atoms with E-state index in [4.69, 9.17) is 10.9 Å². The van der Waals surface area contributed by atoms with Crippen LogP contribution in [0.25, 0.3) is 0 Å². The summed E-state index contributed by atoms with van der Waals surface area (Å²) in [5.41, 5.74) is 1.38. The van der Waals surface area contributed by atoms with Crippen LogP contribution in [0, 0.1) is 10.1 Å². The lowest BCUT2D eigenvalue weighted by Gasteiger charge is -2.19. The predicted octanol–water partition coefficient (Wildman–Crippen LogP) is -0.117. The number of nitrogens with two attached hydrogens (primary N) is 1. The van der Waals surface area contributed by atoms with Gasteiger partial charge in [0.05, 0.1) is 11.5 Å². The average molecular weight is 304 g/mol. The van der Waals surface area contributed by atoms with Gasteiger partial charge in [0.2, 0.25) is 10.0 Å². The van der Waals surface area contributed by atoms with E-state index >= 15 is 0 Å². The Labute approximate surface area is 116 Å². The van der Waals surface area contributed by atoms with Gasteiger partial charge in [0, 0.05) is 13.1 Å². The number of nitro benzene ring substituents is 1. The van der Waals surface area contributed by atoms with Crippen molar-refractivity contribution in [1.82, 2.24) is 4.31 Å². The second kappa shape index (κ2) is 6.61. The summed E-state index contributed by atoms with van der Waals surface area (Å²) in [7, 11) is -4.09. The molecule has 0 aliphatic carbocycles. The van der Waals surface area contributed by atoms with Crippen molar-refractivity contribution in [3.63, 3.8) is 0 Å². The molecule has 0 heterocycles. The molecule has 0 aromatic heterocycles. The molecule has 0 radical (unpaired) electrons. The van der Waals surface area contributed by atoms with E-state index in [0.717, 1.165) is 10.4 Å². The SMILES string of the molecule is CCN(CCO)S(=O)(=O)c1cccc(NN)c1[N+](=O)[O-]. The van der Waals surface area contributed by atoms with E-state index in [1.807, 2.05) is 0 Å². The molecule has 4 N–H and O–H groups in total. The molecule has 112 valence electrons. The molecular formula is C10H16N4O5S. The number of anilines is 1. The Balaban J connectivity index is 3.49. The zero-order chi connectivity index (χ0) is 15.3. The smallest absolute Gasteiger partial charge is 0.313 e. The van der Waals surface area contributed by atoms with Gasteiger partial charge in [0.15, 0.2) is 4.90 Å². The second-order valence-corrected chi connectivity index (χ2v) is 5.68. The molecule has 0 aliphatic heterocycles. The summed E-state index contributed by atoms with van der Waals surface area (Å²) in [6, 6.07) is 3.79. The van der Waals surface area contributed by atoms with Crippen LogP contribution in [0.3, 0.4) is 0 Å². The number of sulfonamides is 1. The van der Waals surface area contributed by atoms with Crippen LogP contribution >= 0.6 is 0 Å². The maximum atomic E-state index is 12.4. The number of likely N-dealkylation sites (N-methyl/N-ethyl adjacent to an activating group) is 1. The minimum Gasteiger partial charge on any atom is -0.395 e. The molecule has 0 spiro atoms. The molecule has 0 saturated heterocycles. The highest BCUT2D eigenvalue weighted by Crippen LogP contribution is 2.33. The van der Waals surface area contributed by atoms with E-state index in [1.54, 1.807) is 6.92 Å². The normalized spacial score (nSPS) is 11.6. The Morgan fingerprint density at radius 3 is 2.60 bits per heavy atom. The molecule has 9 nitrogen and oxygen atoms in total. The number of hydrogen-bond donors (Lipinski definition) is 3. The largest absolute Gasteiger partial charge is 0.395 e. The molecule has 1 aromatic carbocycles. The number of hydrazine groups is 1. The Kier molecular flexibility index (Phi) is 5.39. The molecule has 0 fully saturated rings. The van der Waals surface area contributed by atoms with Gasteiger partial charge in [-0.05, 0) is 12.1 Å². The maximum Gasteiger partial charge on any atom is 0.313 e. The Morgan fingerprint density at radius 2 is 2.15 bits per heavy atom. The average Bonchev–Trinajstić information content (AvgIpc) is 2.43. The predicted molar refractivity (Wildman–Crippen MR) is 72.4 cm³/mol. The van der Waals surface area contributed by atoms with Crippen molar-refractivity contribution in [3.8, 4) is 0 Å². The van der Waals surface area contributed by atoms with Gasteiger partial charge >= 0.3 is 5.69 Å². The fourth-order valence-electron chi connectivity index (χ4n) is 1.73. The molecule has 0 bridgehead atoms. The van der Waals surface area contributed by atoms with Crippen LogP contribution in [0.5, 0.6) is 0 Å². The van der Waals surface area contributed by atoms with Gasteiger partial charge in [0.25, 0.3) is 0 Å². The van der Waals surface area contributed by atoms with Crippen LogP contribution in [0.2, 0.25) is 0 Å². The summed E-state index contributed by atoms with van der Waals surface area (Å²) in [6.07, 6.45) is 0. The molecule has 0 atom stereocenters. The molecule has 0 aliphatic rings. The fourth-order valence-corrected chi connectivity index (χ4v) is 3.35. The topological polar surface area (TPSA) is 139 Å². The molecular weight excluding hydrogens is 288 g/mol. The van der Waals surface area contributed by atoms with Crippen LogP contribution in [0.15, 0.2) is 23.1 Å². The first-order valence-electron chi connectivity index (χ1n) is 5.75. The van der Waals surface area contributed by atoms with E-state index in [9.17, 15) is 18.5 Å². The standard InChI is InChI=1S/C10H16N4O5S/c1-2-13(6-7-15)20(18,19)9-5-3-4-8(12-11)10(9)14(16)17/h3-5,12,15H,2,6-7,11H2,1H3. The number of hydrogen-bond acceptors (Lipinski definition) is 7. The van der Waals surface area contributed by atoms with Gasteiger partial charge in [0.1, 0.15) is 5.69 Å².